The number of nitrogens with one attached hydrogen (secondary N) is 1. The molecule has 2 heterocycles. The molecule has 0 bridgehead atoms. The third kappa shape index (κ3) is 6.24. The lowest BCUT2D eigenvalue weighted by atomic mass is 10.2. The monoisotopic (exact) mass is 434 g/mol. The molecule has 2 fully saturated rings. The Hall–Kier alpha value is -3.01. The maximum absolute atomic E-state index is 12.9. The standard InChI is InChI=1S/C21H27FN4O5/c22-17-5-3-16(4-6-17)19(28)23-7-1-2-18(27)24-8-10-25(11-9-24)20(29)21(30)26-12-14-31-15-13-26/h3-6H,1-2,7-15H2,(H,23,28). The van der Waals surface area contributed by atoms with Gasteiger partial charge >= 0.3 is 11.8 Å². The molecule has 1 N–H and O–H groups in total. The molecule has 2 aliphatic rings. The van der Waals surface area contributed by atoms with Gasteiger partial charge in [-0.05, 0) is 30.7 Å². The summed E-state index contributed by atoms with van der Waals surface area (Å²) in [5, 5.41) is 2.71. The molecule has 0 atom stereocenters. The summed E-state index contributed by atoms with van der Waals surface area (Å²) in [5.41, 5.74) is 0.361. The summed E-state index contributed by atoms with van der Waals surface area (Å²) in [6, 6.07) is 5.25. The van der Waals surface area contributed by atoms with Crippen molar-refractivity contribution < 1.29 is 28.3 Å². The molecular formula is C21H27FN4O5. The number of piperazine rings is 1. The van der Waals surface area contributed by atoms with Crippen molar-refractivity contribution in [3.63, 3.8) is 0 Å². The molecule has 0 unspecified atom stereocenters. The van der Waals surface area contributed by atoms with Crippen LogP contribution in [-0.2, 0) is 19.1 Å². The Morgan fingerprint density at radius 2 is 1.39 bits per heavy atom. The Balaban J connectivity index is 1.34. The first-order valence-electron chi connectivity index (χ1n) is 10.4. The van der Waals surface area contributed by atoms with Gasteiger partial charge in [-0.15, -0.1) is 0 Å². The van der Waals surface area contributed by atoms with Gasteiger partial charge in [-0.1, -0.05) is 0 Å². The molecule has 2 aliphatic heterocycles. The predicted molar refractivity (Wildman–Crippen MR) is 109 cm³/mol. The highest BCUT2D eigenvalue weighted by Gasteiger charge is 2.31. The van der Waals surface area contributed by atoms with Crippen LogP contribution in [0.1, 0.15) is 23.2 Å². The number of ether oxygens (including phenoxy) is 1. The Labute approximate surface area is 180 Å². The Bertz CT molecular complexity index is 802. The first kappa shape index (κ1) is 22.7. The average molecular weight is 434 g/mol. The quantitative estimate of drug-likeness (QED) is 0.514. The van der Waals surface area contributed by atoms with Crippen molar-refractivity contribution in [2.75, 3.05) is 59.0 Å². The second-order valence-corrected chi connectivity index (χ2v) is 7.44. The van der Waals surface area contributed by atoms with Crippen molar-refractivity contribution in [3.05, 3.63) is 35.6 Å². The summed E-state index contributed by atoms with van der Waals surface area (Å²) in [7, 11) is 0. The SMILES string of the molecule is O=C(NCCCC(=O)N1CCN(C(=O)C(=O)N2CCOCC2)CC1)c1ccc(F)cc1. The van der Waals surface area contributed by atoms with Crippen LogP contribution >= 0.6 is 0 Å². The van der Waals surface area contributed by atoms with Crippen LogP contribution in [0.3, 0.4) is 0 Å². The molecule has 0 saturated carbocycles. The van der Waals surface area contributed by atoms with E-state index in [-0.39, 0.29) is 18.2 Å². The molecule has 3 rings (SSSR count). The van der Waals surface area contributed by atoms with Gasteiger partial charge in [0.1, 0.15) is 5.82 Å². The highest BCUT2D eigenvalue weighted by atomic mass is 19.1. The molecule has 2 saturated heterocycles. The molecule has 168 valence electrons. The van der Waals surface area contributed by atoms with Gasteiger partial charge in [0.15, 0.2) is 0 Å². The van der Waals surface area contributed by atoms with Gasteiger partial charge in [-0.25, -0.2) is 4.39 Å². The van der Waals surface area contributed by atoms with E-state index in [0.717, 1.165) is 0 Å². The first-order valence-corrected chi connectivity index (χ1v) is 10.4. The van der Waals surface area contributed by atoms with E-state index in [1.165, 1.54) is 34.1 Å². The number of morpholine rings is 1. The van der Waals surface area contributed by atoms with Crippen LogP contribution in [-0.4, -0.2) is 97.4 Å². The number of benzene rings is 1. The lowest BCUT2D eigenvalue weighted by Gasteiger charge is -2.36. The molecule has 9 nitrogen and oxygen atoms in total. The second-order valence-electron chi connectivity index (χ2n) is 7.44. The molecular weight excluding hydrogens is 407 g/mol. The van der Waals surface area contributed by atoms with E-state index in [1.807, 2.05) is 0 Å². The first-order chi connectivity index (χ1) is 15.0. The van der Waals surface area contributed by atoms with Crippen molar-refractivity contribution in [2.24, 2.45) is 0 Å². The van der Waals surface area contributed by atoms with E-state index in [1.54, 1.807) is 4.90 Å². The van der Waals surface area contributed by atoms with Crippen molar-refractivity contribution in [1.29, 1.82) is 0 Å². The van der Waals surface area contributed by atoms with Crippen molar-refractivity contribution >= 4 is 23.6 Å². The van der Waals surface area contributed by atoms with Crippen LogP contribution in [0, 0.1) is 5.82 Å². The number of carbonyl (C=O) groups is 4. The van der Waals surface area contributed by atoms with Gasteiger partial charge < -0.3 is 24.8 Å². The van der Waals surface area contributed by atoms with E-state index in [0.29, 0.717) is 71.0 Å². The molecule has 1 aromatic rings. The zero-order valence-corrected chi connectivity index (χ0v) is 17.3. The number of hydrogen-bond acceptors (Lipinski definition) is 5. The number of hydrogen-bond donors (Lipinski definition) is 1. The summed E-state index contributed by atoms with van der Waals surface area (Å²) >= 11 is 0. The molecule has 0 aliphatic carbocycles. The number of rotatable bonds is 5. The van der Waals surface area contributed by atoms with Gasteiger partial charge in [-0.3, -0.25) is 19.2 Å². The third-order valence-electron chi connectivity index (χ3n) is 5.36. The zero-order chi connectivity index (χ0) is 22.2. The fourth-order valence-corrected chi connectivity index (χ4v) is 3.50. The Morgan fingerprint density at radius 1 is 0.839 bits per heavy atom. The highest BCUT2D eigenvalue weighted by molar-refractivity contribution is 6.34. The minimum absolute atomic E-state index is 0.0531. The van der Waals surface area contributed by atoms with Crippen LogP contribution in [0.2, 0.25) is 0 Å². The maximum Gasteiger partial charge on any atom is 0.312 e. The summed E-state index contributed by atoms with van der Waals surface area (Å²) in [5.74, 6) is -1.82. The van der Waals surface area contributed by atoms with Crippen LogP contribution in [0.25, 0.3) is 0 Å². The molecule has 0 aromatic heterocycles. The number of amides is 4. The van der Waals surface area contributed by atoms with E-state index >= 15 is 0 Å². The van der Waals surface area contributed by atoms with Crippen LogP contribution in [0.4, 0.5) is 4.39 Å². The molecule has 1 aromatic carbocycles. The topological polar surface area (TPSA) is 99.3 Å². The largest absolute Gasteiger partial charge is 0.378 e. The van der Waals surface area contributed by atoms with Crippen LogP contribution < -0.4 is 5.32 Å². The zero-order valence-electron chi connectivity index (χ0n) is 17.3. The minimum atomic E-state index is -0.530. The summed E-state index contributed by atoms with van der Waals surface area (Å²) in [6.45, 7) is 3.43. The van der Waals surface area contributed by atoms with E-state index < -0.39 is 17.6 Å². The second kappa shape index (κ2) is 10.9. The fraction of sp³-hybridized carbons (Fsp3) is 0.524. The number of nitrogens with zero attached hydrogens (tertiary/aromatic N) is 3. The maximum atomic E-state index is 12.9. The lowest BCUT2D eigenvalue weighted by Crippen LogP contribution is -2.55. The predicted octanol–water partition coefficient (Wildman–Crippen LogP) is -0.135. The minimum Gasteiger partial charge on any atom is -0.378 e. The van der Waals surface area contributed by atoms with Crippen LogP contribution in [0.5, 0.6) is 0 Å². The lowest BCUT2D eigenvalue weighted by molar-refractivity contribution is -0.155. The Morgan fingerprint density at radius 3 is 2.00 bits per heavy atom. The highest BCUT2D eigenvalue weighted by Crippen LogP contribution is 2.08. The summed E-state index contributed by atoms with van der Waals surface area (Å²) < 4.78 is 18.1. The molecule has 31 heavy (non-hydrogen) atoms. The normalized spacial score (nSPS) is 16.7. The van der Waals surface area contributed by atoms with Gasteiger partial charge in [0.05, 0.1) is 13.2 Å². The number of halogens is 1. The summed E-state index contributed by atoms with van der Waals surface area (Å²) in [4.78, 5) is 53.7. The fourth-order valence-electron chi connectivity index (χ4n) is 3.50. The molecule has 4 amide bonds. The van der Waals surface area contributed by atoms with E-state index in [9.17, 15) is 23.6 Å². The van der Waals surface area contributed by atoms with Crippen molar-refractivity contribution in [1.82, 2.24) is 20.0 Å². The van der Waals surface area contributed by atoms with Crippen molar-refractivity contribution in [3.8, 4) is 0 Å². The van der Waals surface area contributed by atoms with Gasteiger partial charge in [0, 0.05) is 57.8 Å². The molecule has 10 heteroatoms. The van der Waals surface area contributed by atoms with Crippen LogP contribution in [0.15, 0.2) is 24.3 Å². The Kier molecular flexibility index (Phi) is 7.94. The number of carbonyl (C=O) groups excluding carboxylic acids is 4. The van der Waals surface area contributed by atoms with Gasteiger partial charge in [0.25, 0.3) is 5.91 Å². The van der Waals surface area contributed by atoms with E-state index in [4.69, 9.17) is 4.74 Å². The average Bonchev–Trinajstić information content (AvgIpc) is 2.81. The third-order valence-corrected chi connectivity index (χ3v) is 5.36. The summed E-state index contributed by atoms with van der Waals surface area (Å²) in [6.07, 6.45) is 0.741. The van der Waals surface area contributed by atoms with E-state index in [2.05, 4.69) is 5.32 Å². The smallest absolute Gasteiger partial charge is 0.312 e. The van der Waals surface area contributed by atoms with Gasteiger partial charge in [-0.2, -0.15) is 0 Å². The molecule has 0 radical (unpaired) electrons. The molecule has 0 spiro atoms. The van der Waals surface area contributed by atoms with Gasteiger partial charge in [0.2, 0.25) is 5.91 Å². The van der Waals surface area contributed by atoms with Crippen molar-refractivity contribution in [2.45, 2.75) is 12.8 Å².